The van der Waals surface area contributed by atoms with Crippen LogP contribution < -0.4 is 0 Å². The summed E-state index contributed by atoms with van der Waals surface area (Å²) < 4.78 is 13.3. The number of hydrogen-bond donors (Lipinski definition) is 0. The van der Waals surface area contributed by atoms with Crippen LogP contribution in [0.15, 0.2) is 23.8 Å². The lowest BCUT2D eigenvalue weighted by atomic mass is 9.99. The Balaban J connectivity index is 5.34. The largest absolute Gasteiger partial charge is 0.417 e. The molecule has 2 atom stereocenters. The van der Waals surface area contributed by atoms with Gasteiger partial charge in [-0.15, -0.1) is 0 Å². The van der Waals surface area contributed by atoms with Crippen molar-refractivity contribution >= 4 is 16.6 Å². The van der Waals surface area contributed by atoms with E-state index >= 15 is 0 Å². The Morgan fingerprint density at radius 1 is 0.926 bits per heavy atom. The second kappa shape index (κ2) is 10.0. The monoisotopic (exact) mass is 412 g/mol. The van der Waals surface area contributed by atoms with Gasteiger partial charge in [0.05, 0.1) is 6.10 Å². The molecule has 27 heavy (non-hydrogen) atoms. The molecule has 0 heterocycles. The van der Waals surface area contributed by atoms with Crippen LogP contribution in [0.5, 0.6) is 0 Å². The Bertz CT molecular complexity index is 505. The van der Waals surface area contributed by atoms with Gasteiger partial charge < -0.3 is 8.85 Å². The van der Waals surface area contributed by atoms with Crippen molar-refractivity contribution in [3.8, 4) is 0 Å². The topological polar surface area (TPSA) is 18.5 Å². The van der Waals surface area contributed by atoms with Crippen molar-refractivity contribution in [1.29, 1.82) is 0 Å². The molecule has 0 spiro atoms. The maximum Gasteiger partial charge on any atom is 0.192 e. The molecule has 0 aromatic carbocycles. The second-order valence-electron chi connectivity index (χ2n) is 11.1. The molecule has 2 nitrogen and oxygen atoms in total. The number of rotatable bonds is 9. The summed E-state index contributed by atoms with van der Waals surface area (Å²) >= 11 is 0. The predicted octanol–water partition coefficient (Wildman–Crippen LogP) is 7.95. The van der Waals surface area contributed by atoms with Crippen molar-refractivity contribution in [2.45, 2.75) is 111 Å². The summed E-state index contributed by atoms with van der Waals surface area (Å²) in [5, 5.41) is 0.462. The van der Waals surface area contributed by atoms with E-state index in [9.17, 15) is 0 Å². The summed E-state index contributed by atoms with van der Waals surface area (Å²) in [5.41, 5.74) is 1.30. The highest BCUT2D eigenvalue weighted by Crippen LogP contribution is 2.39. The van der Waals surface area contributed by atoms with Gasteiger partial charge in [-0.3, -0.25) is 0 Å². The third kappa shape index (κ3) is 8.80. The highest BCUT2D eigenvalue weighted by molar-refractivity contribution is 6.74. The molecule has 0 fully saturated rings. The van der Waals surface area contributed by atoms with E-state index in [2.05, 4.69) is 107 Å². The van der Waals surface area contributed by atoms with Gasteiger partial charge >= 0.3 is 0 Å². The summed E-state index contributed by atoms with van der Waals surface area (Å²) in [6.45, 7) is 30.5. The van der Waals surface area contributed by atoms with Crippen molar-refractivity contribution in [2.24, 2.45) is 5.92 Å². The van der Waals surface area contributed by atoms with Crippen LogP contribution in [-0.4, -0.2) is 29.3 Å². The van der Waals surface area contributed by atoms with Gasteiger partial charge in [-0.2, -0.15) is 0 Å². The van der Waals surface area contributed by atoms with Gasteiger partial charge in [0.15, 0.2) is 16.6 Å². The van der Waals surface area contributed by atoms with Crippen molar-refractivity contribution in [3.63, 3.8) is 0 Å². The Morgan fingerprint density at radius 3 is 1.81 bits per heavy atom. The molecule has 0 radical (unpaired) electrons. The molecule has 160 valence electrons. The minimum Gasteiger partial charge on any atom is -0.417 e. The zero-order valence-electron chi connectivity index (χ0n) is 20.6. The van der Waals surface area contributed by atoms with E-state index in [0.717, 1.165) is 13.0 Å². The maximum absolute atomic E-state index is 6.85. The molecule has 0 aliphatic heterocycles. The molecular formula is C23H48O2Si2. The Kier molecular flexibility index (Phi) is 9.98. The van der Waals surface area contributed by atoms with Crippen LogP contribution >= 0.6 is 0 Å². The smallest absolute Gasteiger partial charge is 0.192 e. The van der Waals surface area contributed by atoms with E-state index in [4.69, 9.17) is 8.85 Å². The predicted molar refractivity (Wildman–Crippen MR) is 128 cm³/mol. The maximum atomic E-state index is 6.85. The molecule has 0 unspecified atom stereocenters. The van der Waals surface area contributed by atoms with Crippen LogP contribution in [0.3, 0.4) is 0 Å². The standard InChI is InChI=1S/C23H48O2Si2/c1-14-15-19(2)18-20(3)21(25-27(12,13)23(7,8)9)16-17-24-26(10,11)22(4,5)6/h14-15,18,20-21H,16-17H2,1-13H3/t20-,21-/m0/s1. The van der Waals surface area contributed by atoms with E-state index < -0.39 is 16.6 Å². The molecule has 0 N–H and O–H groups in total. The van der Waals surface area contributed by atoms with Crippen LogP contribution in [0.4, 0.5) is 0 Å². The summed E-state index contributed by atoms with van der Waals surface area (Å²) in [6, 6.07) is 0. The summed E-state index contributed by atoms with van der Waals surface area (Å²) in [7, 11) is -3.54. The lowest BCUT2D eigenvalue weighted by Crippen LogP contribution is -2.46. The molecule has 0 aromatic heterocycles. The van der Waals surface area contributed by atoms with Gasteiger partial charge in [-0.05, 0) is 62.5 Å². The summed E-state index contributed by atoms with van der Waals surface area (Å²) in [5.74, 6) is 0.373. The summed E-state index contributed by atoms with van der Waals surface area (Å²) in [4.78, 5) is 0. The molecule has 0 rings (SSSR count). The van der Waals surface area contributed by atoms with Gasteiger partial charge in [0.1, 0.15) is 0 Å². The first-order valence-electron chi connectivity index (χ1n) is 10.6. The van der Waals surface area contributed by atoms with E-state index in [1.807, 2.05) is 0 Å². The SMILES string of the molecule is CC=CC(C)=C[C@H](C)[C@H](CCO[Si](C)(C)C(C)(C)C)O[Si](C)(C)C(C)(C)C. The minimum atomic E-state index is -1.82. The van der Waals surface area contributed by atoms with Crippen molar-refractivity contribution in [1.82, 2.24) is 0 Å². The average Bonchev–Trinajstić information content (AvgIpc) is 2.43. The van der Waals surface area contributed by atoms with Crippen molar-refractivity contribution in [2.75, 3.05) is 6.61 Å². The molecular weight excluding hydrogens is 364 g/mol. The zero-order chi connectivity index (χ0) is 21.7. The normalized spacial score (nSPS) is 17.4. The van der Waals surface area contributed by atoms with E-state index in [-0.39, 0.29) is 16.2 Å². The molecule has 0 bridgehead atoms. The fourth-order valence-electron chi connectivity index (χ4n) is 2.47. The van der Waals surface area contributed by atoms with Gasteiger partial charge in [0, 0.05) is 6.61 Å². The van der Waals surface area contributed by atoms with Gasteiger partial charge in [-0.1, -0.05) is 72.3 Å². The van der Waals surface area contributed by atoms with Crippen molar-refractivity contribution < 1.29 is 8.85 Å². The lowest BCUT2D eigenvalue weighted by Gasteiger charge is -2.41. The number of hydrogen-bond acceptors (Lipinski definition) is 2. The van der Waals surface area contributed by atoms with Crippen LogP contribution in [-0.2, 0) is 8.85 Å². The third-order valence-corrected chi connectivity index (χ3v) is 15.5. The average molecular weight is 413 g/mol. The van der Waals surface area contributed by atoms with Crippen LogP contribution in [0, 0.1) is 5.92 Å². The van der Waals surface area contributed by atoms with Gasteiger partial charge in [0.2, 0.25) is 0 Å². The van der Waals surface area contributed by atoms with E-state index in [1.165, 1.54) is 5.57 Å². The molecule has 0 aliphatic carbocycles. The van der Waals surface area contributed by atoms with Crippen molar-refractivity contribution in [3.05, 3.63) is 23.8 Å². The molecule has 0 saturated carbocycles. The van der Waals surface area contributed by atoms with Gasteiger partial charge in [-0.25, -0.2) is 0 Å². The molecule has 0 amide bonds. The van der Waals surface area contributed by atoms with Gasteiger partial charge in [0.25, 0.3) is 0 Å². The van der Waals surface area contributed by atoms with Crippen LogP contribution in [0.25, 0.3) is 0 Å². The Hall–Kier alpha value is -0.166. The first-order chi connectivity index (χ1) is 11.9. The van der Waals surface area contributed by atoms with Crippen LogP contribution in [0.2, 0.25) is 36.3 Å². The highest BCUT2D eigenvalue weighted by Gasteiger charge is 2.41. The lowest BCUT2D eigenvalue weighted by molar-refractivity contribution is 0.113. The molecule has 0 aliphatic rings. The van der Waals surface area contributed by atoms with E-state index in [1.54, 1.807) is 0 Å². The second-order valence-corrected chi connectivity index (χ2v) is 20.6. The molecule has 0 aromatic rings. The summed E-state index contributed by atoms with van der Waals surface area (Å²) in [6.07, 6.45) is 7.79. The minimum absolute atomic E-state index is 0.205. The highest BCUT2D eigenvalue weighted by atomic mass is 28.4. The Morgan fingerprint density at radius 2 is 1.41 bits per heavy atom. The molecule has 0 saturated heterocycles. The first-order valence-corrected chi connectivity index (χ1v) is 16.4. The fraction of sp³-hybridized carbons (Fsp3) is 0.826. The third-order valence-electron chi connectivity index (χ3n) is 6.47. The van der Waals surface area contributed by atoms with E-state index in [0.29, 0.717) is 5.92 Å². The fourth-order valence-corrected chi connectivity index (χ4v) is 4.98. The Labute approximate surface area is 173 Å². The number of allylic oxidation sites excluding steroid dienone is 3. The first kappa shape index (κ1) is 26.8. The molecule has 4 heteroatoms. The van der Waals surface area contributed by atoms with Crippen LogP contribution in [0.1, 0.15) is 68.7 Å². The quantitative estimate of drug-likeness (QED) is 0.282. The zero-order valence-corrected chi connectivity index (χ0v) is 22.6.